The summed E-state index contributed by atoms with van der Waals surface area (Å²) < 4.78 is 10.5. The number of carbonyl (C=O) groups excluding carboxylic acids is 2. The lowest BCUT2D eigenvalue weighted by atomic mass is 10.0. The average Bonchev–Trinajstić information content (AvgIpc) is 2.77. The molecule has 7 N–H and O–H groups in total. The van der Waals surface area contributed by atoms with Crippen LogP contribution in [0.4, 0.5) is 0 Å². The van der Waals surface area contributed by atoms with E-state index < -0.39 is 61.1 Å². The van der Waals surface area contributed by atoms with Crippen LogP contribution in [0.1, 0.15) is 39.5 Å². The lowest BCUT2D eigenvalue weighted by Gasteiger charge is -2.19. The number of amides is 1. The van der Waals surface area contributed by atoms with Crippen LogP contribution in [-0.2, 0) is 33.4 Å². The van der Waals surface area contributed by atoms with Crippen LogP contribution in [0.3, 0.4) is 0 Å². The Morgan fingerprint density at radius 1 is 0.857 bits per heavy atom. The van der Waals surface area contributed by atoms with E-state index in [9.17, 15) is 29.1 Å². The number of rotatable bonds is 19. The minimum Gasteiger partial charge on any atom is -0.481 e. The predicted octanol–water partition coefficient (Wildman–Crippen LogP) is -1.45. The summed E-state index contributed by atoms with van der Waals surface area (Å²) >= 11 is 0. The quantitative estimate of drug-likeness (QED) is 0.0863. The van der Waals surface area contributed by atoms with Gasteiger partial charge in [0.2, 0.25) is 5.91 Å². The molecule has 3 unspecified atom stereocenters. The molecule has 0 radical (unpaired) electrons. The number of carboxylic acid groups (broad SMARTS) is 3. The summed E-state index contributed by atoms with van der Waals surface area (Å²) in [5, 5.41) is 44.1. The number of aliphatic hydroxyl groups is 2. The van der Waals surface area contributed by atoms with Crippen LogP contribution >= 0.6 is 0 Å². The van der Waals surface area contributed by atoms with Crippen molar-refractivity contribution in [2.75, 3.05) is 46.1 Å². The van der Waals surface area contributed by atoms with Gasteiger partial charge >= 0.3 is 17.9 Å². The molecule has 3 atom stereocenters. The van der Waals surface area contributed by atoms with E-state index in [1.807, 2.05) is 6.92 Å². The number of unbranched alkanes of at least 4 members (excludes halogenated alkanes) is 1. The molecule has 0 saturated carbocycles. The van der Waals surface area contributed by atoms with Gasteiger partial charge in [-0.25, -0.2) is 0 Å². The van der Waals surface area contributed by atoms with Gasteiger partial charge in [-0.1, -0.05) is 6.92 Å². The molecule has 0 aliphatic rings. The van der Waals surface area contributed by atoms with Gasteiger partial charge in [-0.3, -0.25) is 24.0 Å². The Morgan fingerprint density at radius 2 is 1.31 bits per heavy atom. The van der Waals surface area contributed by atoms with Crippen molar-refractivity contribution in [1.82, 2.24) is 4.90 Å². The van der Waals surface area contributed by atoms with Crippen LogP contribution in [0.2, 0.25) is 0 Å². The second-order valence-corrected chi connectivity index (χ2v) is 7.55. The maximum absolute atomic E-state index is 11.6. The van der Waals surface area contributed by atoms with Gasteiger partial charge in [0.1, 0.15) is 24.8 Å². The van der Waals surface area contributed by atoms with Gasteiger partial charge < -0.3 is 45.6 Å². The molecule has 0 bridgehead atoms. The molecular weight excluding hydrogens is 472 g/mol. The van der Waals surface area contributed by atoms with Crippen molar-refractivity contribution in [1.29, 1.82) is 0 Å². The molecule has 0 aromatic carbocycles. The molecule has 0 rings (SSSR count). The number of hydrogen-bond donors (Lipinski definition) is 6. The summed E-state index contributed by atoms with van der Waals surface area (Å²) in [5.41, 5.74) is 5.22. The number of carbonyl (C=O) groups is 5. The fraction of sp³-hybridized carbons (Fsp3) is 0.762. The summed E-state index contributed by atoms with van der Waals surface area (Å²) in [7, 11) is 0. The Bertz CT molecular complexity index is 612. The molecule has 0 fully saturated rings. The minimum atomic E-state index is -1.61. The lowest BCUT2D eigenvalue weighted by Crippen LogP contribution is -2.41. The normalized spacial score (nSPS) is 13.1. The summed E-state index contributed by atoms with van der Waals surface area (Å²) in [5.74, 6) is -7.81. The second-order valence-electron chi connectivity index (χ2n) is 7.55. The highest BCUT2D eigenvalue weighted by Gasteiger charge is 2.29. The summed E-state index contributed by atoms with van der Waals surface area (Å²) in [6.07, 6.45) is 0.826. The lowest BCUT2D eigenvalue weighted by molar-refractivity contribution is -0.152. The van der Waals surface area contributed by atoms with Crippen LogP contribution in [0.15, 0.2) is 0 Å². The Labute approximate surface area is 203 Å². The average molecular weight is 511 g/mol. The fourth-order valence-corrected chi connectivity index (χ4v) is 2.30. The molecule has 0 spiro atoms. The van der Waals surface area contributed by atoms with E-state index in [0.717, 1.165) is 26.2 Å². The van der Waals surface area contributed by atoms with Crippen molar-refractivity contribution < 1.29 is 59.0 Å². The largest absolute Gasteiger partial charge is 0.481 e. The summed E-state index contributed by atoms with van der Waals surface area (Å²) in [4.78, 5) is 54.8. The smallest absolute Gasteiger partial charge is 0.323 e. The standard InChI is InChI=1S/C11H25NO4.C10H13NO8/c1-2-10(13)8-15-5-3-4-6-16-9-11(14)7-12;1-5(12)6(10(18)19)2-7(13)11(3-8(14)15)4-9(16)17/h10-11,13-14H,2-9,12H2,1H3;6H,2-4H2,1H3,(H,14,15)(H,16,17)(H,18,19). The zero-order valence-electron chi connectivity index (χ0n) is 20.1. The number of aliphatic carboxylic acids is 3. The Morgan fingerprint density at radius 3 is 1.66 bits per heavy atom. The molecule has 0 heterocycles. The zero-order chi connectivity index (χ0) is 27.4. The van der Waals surface area contributed by atoms with Crippen molar-refractivity contribution >= 4 is 29.6 Å². The first-order valence-electron chi connectivity index (χ1n) is 11.0. The highest BCUT2D eigenvalue weighted by atomic mass is 16.5. The van der Waals surface area contributed by atoms with Gasteiger partial charge in [0.25, 0.3) is 0 Å². The number of aliphatic hydroxyl groups excluding tert-OH is 2. The second kappa shape index (κ2) is 20.7. The third-order valence-electron chi connectivity index (χ3n) is 4.36. The molecule has 1 amide bonds. The number of hydrogen-bond acceptors (Lipinski definition) is 10. The van der Waals surface area contributed by atoms with Crippen molar-refractivity contribution in [2.24, 2.45) is 11.7 Å². The molecular formula is C21H38N2O12. The van der Waals surface area contributed by atoms with Crippen molar-refractivity contribution in [3.63, 3.8) is 0 Å². The maximum atomic E-state index is 11.6. The topological polar surface area (TPSA) is 234 Å². The molecule has 0 saturated heterocycles. The zero-order valence-corrected chi connectivity index (χ0v) is 20.1. The van der Waals surface area contributed by atoms with Crippen LogP contribution in [0.25, 0.3) is 0 Å². The van der Waals surface area contributed by atoms with E-state index in [4.69, 9.17) is 35.6 Å². The van der Waals surface area contributed by atoms with Gasteiger partial charge in [0, 0.05) is 26.2 Å². The number of carboxylic acids is 3. The predicted molar refractivity (Wildman–Crippen MR) is 121 cm³/mol. The first-order valence-corrected chi connectivity index (χ1v) is 11.0. The third kappa shape index (κ3) is 20.4. The molecule has 204 valence electrons. The van der Waals surface area contributed by atoms with Gasteiger partial charge in [-0.2, -0.15) is 0 Å². The SMILES string of the molecule is CC(=O)C(CC(=O)N(CC(=O)O)CC(=O)O)C(=O)O.CCC(O)COCCCCOCC(O)CN. The number of ether oxygens (including phenoxy) is 2. The van der Waals surface area contributed by atoms with Gasteiger partial charge in [-0.15, -0.1) is 0 Å². The Hall–Kier alpha value is -2.65. The molecule has 35 heavy (non-hydrogen) atoms. The molecule has 0 aliphatic heterocycles. The minimum absolute atomic E-state index is 0.234. The summed E-state index contributed by atoms with van der Waals surface area (Å²) in [6.45, 7) is 3.32. The molecule has 14 nitrogen and oxygen atoms in total. The van der Waals surface area contributed by atoms with E-state index >= 15 is 0 Å². The monoisotopic (exact) mass is 510 g/mol. The van der Waals surface area contributed by atoms with Gasteiger partial charge in [-0.05, 0) is 26.2 Å². The van der Waals surface area contributed by atoms with Crippen LogP contribution in [-0.4, -0.2) is 118 Å². The maximum Gasteiger partial charge on any atom is 0.323 e. The highest BCUT2D eigenvalue weighted by Crippen LogP contribution is 2.08. The number of ketones is 1. The number of nitrogens with zero attached hydrogens (tertiary/aromatic N) is 1. The molecule has 0 aromatic heterocycles. The van der Waals surface area contributed by atoms with Crippen molar-refractivity contribution in [2.45, 2.75) is 51.7 Å². The van der Waals surface area contributed by atoms with E-state index in [-0.39, 0.29) is 12.6 Å². The van der Waals surface area contributed by atoms with E-state index in [2.05, 4.69) is 0 Å². The van der Waals surface area contributed by atoms with Crippen molar-refractivity contribution in [3.05, 3.63) is 0 Å². The first-order chi connectivity index (χ1) is 16.3. The Balaban J connectivity index is 0. The van der Waals surface area contributed by atoms with E-state index in [1.165, 1.54) is 0 Å². The van der Waals surface area contributed by atoms with Crippen LogP contribution < -0.4 is 5.73 Å². The van der Waals surface area contributed by atoms with Gasteiger partial charge in [0.05, 0.1) is 25.4 Å². The molecule has 0 aromatic rings. The van der Waals surface area contributed by atoms with Crippen LogP contribution in [0.5, 0.6) is 0 Å². The molecule has 0 aliphatic carbocycles. The third-order valence-corrected chi connectivity index (χ3v) is 4.36. The fourth-order valence-electron chi connectivity index (χ4n) is 2.30. The highest BCUT2D eigenvalue weighted by molar-refractivity contribution is 6.00. The van der Waals surface area contributed by atoms with Gasteiger partial charge in [0.15, 0.2) is 0 Å². The van der Waals surface area contributed by atoms with Crippen molar-refractivity contribution in [3.8, 4) is 0 Å². The number of Topliss-reactive ketones (excluding diaryl/α,β-unsaturated/α-hetero) is 1. The van der Waals surface area contributed by atoms with E-state index in [1.54, 1.807) is 0 Å². The Kier molecular flexibility index (Phi) is 20.4. The van der Waals surface area contributed by atoms with Crippen LogP contribution in [0, 0.1) is 5.92 Å². The number of nitrogens with two attached hydrogens (primary N) is 1. The first kappa shape index (κ1) is 34.5. The summed E-state index contributed by atoms with van der Waals surface area (Å²) in [6, 6.07) is 0. The van der Waals surface area contributed by atoms with E-state index in [0.29, 0.717) is 31.3 Å². The molecule has 14 heteroatoms.